The third-order valence-corrected chi connectivity index (χ3v) is 2.67. The Morgan fingerprint density at radius 3 is 2.24 bits per heavy atom. The molecular weight excluding hydrogens is 208 g/mol. The number of nitrogen functional groups attached to an aromatic ring is 1. The molecule has 0 aliphatic heterocycles. The first kappa shape index (κ1) is 11.7. The van der Waals surface area contributed by atoms with Gasteiger partial charge < -0.3 is 10.6 Å². The van der Waals surface area contributed by atoms with Crippen LogP contribution in [0.2, 0.25) is 0 Å². The van der Waals surface area contributed by atoms with Gasteiger partial charge in [0.25, 0.3) is 0 Å². The monoisotopic (exact) mass is 226 g/mol. The van der Waals surface area contributed by atoms with Gasteiger partial charge in [0.05, 0.1) is 0 Å². The molecule has 0 bridgehead atoms. The molecule has 0 aromatic heterocycles. The van der Waals surface area contributed by atoms with Crippen molar-refractivity contribution in [2.45, 2.75) is 6.54 Å². The van der Waals surface area contributed by atoms with Crippen LogP contribution in [-0.2, 0) is 6.54 Å². The molecule has 0 saturated carbocycles. The fourth-order valence-electron chi connectivity index (χ4n) is 1.89. The van der Waals surface area contributed by atoms with E-state index in [1.807, 2.05) is 18.2 Å². The predicted octanol–water partition coefficient (Wildman–Crippen LogP) is 3.00. The molecule has 88 valence electrons. The molecule has 0 atom stereocenters. The summed E-state index contributed by atoms with van der Waals surface area (Å²) in [6.45, 7) is 0.969. The number of nitrogens with two attached hydrogens (primary N) is 1. The quantitative estimate of drug-likeness (QED) is 0.815. The van der Waals surface area contributed by atoms with E-state index in [9.17, 15) is 0 Å². The zero-order valence-electron chi connectivity index (χ0n) is 10.4. The lowest BCUT2D eigenvalue weighted by atomic mass is 10.0. The van der Waals surface area contributed by atoms with Gasteiger partial charge in [-0.05, 0) is 42.9 Å². The molecule has 2 rings (SSSR count). The van der Waals surface area contributed by atoms with Gasteiger partial charge in [0, 0.05) is 12.2 Å². The highest BCUT2D eigenvalue weighted by atomic mass is 15.0. The second-order valence-corrected chi connectivity index (χ2v) is 4.56. The Balaban J connectivity index is 2.23. The van der Waals surface area contributed by atoms with Gasteiger partial charge in [-0.15, -0.1) is 0 Å². The molecule has 2 nitrogen and oxygen atoms in total. The van der Waals surface area contributed by atoms with Crippen molar-refractivity contribution in [3.05, 3.63) is 54.1 Å². The summed E-state index contributed by atoms with van der Waals surface area (Å²) in [5, 5.41) is 0. The van der Waals surface area contributed by atoms with Gasteiger partial charge >= 0.3 is 0 Å². The van der Waals surface area contributed by atoms with Crippen molar-refractivity contribution in [2.24, 2.45) is 0 Å². The zero-order chi connectivity index (χ0) is 12.3. The molecule has 0 radical (unpaired) electrons. The van der Waals surface area contributed by atoms with Crippen molar-refractivity contribution in [1.82, 2.24) is 4.90 Å². The largest absolute Gasteiger partial charge is 0.399 e. The van der Waals surface area contributed by atoms with E-state index in [0.717, 1.165) is 12.2 Å². The van der Waals surface area contributed by atoms with Crippen LogP contribution < -0.4 is 5.73 Å². The van der Waals surface area contributed by atoms with Gasteiger partial charge in [0.2, 0.25) is 0 Å². The highest BCUT2D eigenvalue weighted by Crippen LogP contribution is 2.21. The lowest BCUT2D eigenvalue weighted by Crippen LogP contribution is -2.10. The molecule has 2 aromatic rings. The maximum Gasteiger partial charge on any atom is 0.0320 e. The van der Waals surface area contributed by atoms with Crippen LogP contribution in [0.3, 0.4) is 0 Å². The maximum absolute atomic E-state index is 5.79. The average molecular weight is 226 g/mol. The van der Waals surface area contributed by atoms with E-state index < -0.39 is 0 Å². The molecule has 17 heavy (non-hydrogen) atoms. The van der Waals surface area contributed by atoms with Gasteiger partial charge in [0.1, 0.15) is 0 Å². The smallest absolute Gasteiger partial charge is 0.0320 e. The van der Waals surface area contributed by atoms with Crippen molar-refractivity contribution in [1.29, 1.82) is 0 Å². The van der Waals surface area contributed by atoms with Crippen LogP contribution in [0.25, 0.3) is 11.1 Å². The summed E-state index contributed by atoms with van der Waals surface area (Å²) in [6, 6.07) is 16.6. The second-order valence-electron chi connectivity index (χ2n) is 4.56. The summed E-state index contributed by atoms with van der Waals surface area (Å²) < 4.78 is 0. The van der Waals surface area contributed by atoms with Crippen LogP contribution in [0.4, 0.5) is 5.69 Å². The van der Waals surface area contributed by atoms with E-state index in [1.54, 1.807) is 0 Å². The Bertz CT molecular complexity index is 487. The number of rotatable bonds is 3. The molecule has 2 N–H and O–H groups in total. The minimum Gasteiger partial charge on any atom is -0.399 e. The van der Waals surface area contributed by atoms with Crippen molar-refractivity contribution < 1.29 is 0 Å². The van der Waals surface area contributed by atoms with Crippen LogP contribution in [0, 0.1) is 0 Å². The summed E-state index contributed by atoms with van der Waals surface area (Å²) in [6.07, 6.45) is 0. The number of nitrogens with zero attached hydrogens (tertiary/aromatic N) is 1. The van der Waals surface area contributed by atoms with E-state index in [1.165, 1.54) is 16.7 Å². The number of hydrogen-bond acceptors (Lipinski definition) is 2. The van der Waals surface area contributed by atoms with Crippen molar-refractivity contribution in [3.63, 3.8) is 0 Å². The van der Waals surface area contributed by atoms with Gasteiger partial charge in [-0.2, -0.15) is 0 Å². The van der Waals surface area contributed by atoms with Crippen LogP contribution in [-0.4, -0.2) is 19.0 Å². The van der Waals surface area contributed by atoms with Crippen molar-refractivity contribution >= 4 is 5.69 Å². The van der Waals surface area contributed by atoms with E-state index in [4.69, 9.17) is 5.73 Å². The lowest BCUT2D eigenvalue weighted by Gasteiger charge is -2.10. The first-order chi connectivity index (χ1) is 8.15. The second kappa shape index (κ2) is 5.02. The summed E-state index contributed by atoms with van der Waals surface area (Å²) in [5.41, 5.74) is 10.3. The molecule has 2 heteroatoms. The Labute approximate surface area is 103 Å². The zero-order valence-corrected chi connectivity index (χ0v) is 10.4. The summed E-state index contributed by atoms with van der Waals surface area (Å²) in [7, 11) is 4.15. The molecule has 0 saturated heterocycles. The first-order valence-electron chi connectivity index (χ1n) is 5.75. The molecule has 0 fully saturated rings. The van der Waals surface area contributed by atoms with Gasteiger partial charge in [-0.3, -0.25) is 0 Å². The van der Waals surface area contributed by atoms with Crippen LogP contribution in [0.1, 0.15) is 5.56 Å². The van der Waals surface area contributed by atoms with Crippen LogP contribution >= 0.6 is 0 Å². The summed E-state index contributed by atoms with van der Waals surface area (Å²) >= 11 is 0. The average Bonchev–Trinajstić information content (AvgIpc) is 2.29. The molecule has 0 aliphatic rings. The normalized spacial score (nSPS) is 10.8. The van der Waals surface area contributed by atoms with E-state index >= 15 is 0 Å². The number of hydrogen-bond donors (Lipinski definition) is 1. The fourth-order valence-corrected chi connectivity index (χ4v) is 1.89. The minimum atomic E-state index is 0.805. The van der Waals surface area contributed by atoms with E-state index in [2.05, 4.69) is 49.3 Å². The van der Waals surface area contributed by atoms with Crippen LogP contribution in [0.15, 0.2) is 48.5 Å². The molecule has 0 aliphatic carbocycles. The number of anilines is 1. The third kappa shape index (κ3) is 3.08. The topological polar surface area (TPSA) is 29.3 Å². The van der Waals surface area contributed by atoms with Gasteiger partial charge in [-0.1, -0.05) is 36.4 Å². The standard InChI is InChI=1S/C15H18N2/c1-17(2)11-12-6-8-13(9-7-12)14-4-3-5-15(16)10-14/h3-10H,11,16H2,1-2H3. The highest BCUT2D eigenvalue weighted by molar-refractivity contribution is 5.67. The molecule has 0 heterocycles. The Morgan fingerprint density at radius 2 is 1.65 bits per heavy atom. The third-order valence-electron chi connectivity index (χ3n) is 2.67. The SMILES string of the molecule is CN(C)Cc1ccc(-c2cccc(N)c2)cc1. The molecule has 0 unspecified atom stereocenters. The Morgan fingerprint density at radius 1 is 0.941 bits per heavy atom. The molecule has 0 amide bonds. The van der Waals surface area contributed by atoms with Crippen molar-refractivity contribution in [3.8, 4) is 11.1 Å². The van der Waals surface area contributed by atoms with E-state index in [0.29, 0.717) is 0 Å². The Kier molecular flexibility index (Phi) is 3.45. The van der Waals surface area contributed by atoms with Gasteiger partial charge in [-0.25, -0.2) is 0 Å². The summed E-state index contributed by atoms with van der Waals surface area (Å²) in [5.74, 6) is 0. The maximum atomic E-state index is 5.79. The van der Waals surface area contributed by atoms with E-state index in [-0.39, 0.29) is 0 Å². The minimum absolute atomic E-state index is 0.805. The first-order valence-corrected chi connectivity index (χ1v) is 5.75. The molecular formula is C15H18N2. The molecule has 2 aromatic carbocycles. The van der Waals surface area contributed by atoms with Crippen LogP contribution in [0.5, 0.6) is 0 Å². The predicted molar refractivity (Wildman–Crippen MR) is 73.7 cm³/mol. The summed E-state index contributed by atoms with van der Waals surface area (Å²) in [4.78, 5) is 2.16. The van der Waals surface area contributed by atoms with Gasteiger partial charge in [0.15, 0.2) is 0 Å². The van der Waals surface area contributed by atoms with Crippen molar-refractivity contribution in [2.75, 3.05) is 19.8 Å². The Hall–Kier alpha value is -1.80. The lowest BCUT2D eigenvalue weighted by molar-refractivity contribution is 0.402. The fraction of sp³-hybridized carbons (Fsp3) is 0.200. The highest BCUT2D eigenvalue weighted by Gasteiger charge is 1.99. The number of benzene rings is 2. The molecule has 0 spiro atoms.